The molecular formula is C24H29N3O4. The van der Waals surface area contributed by atoms with Crippen molar-refractivity contribution in [1.29, 1.82) is 0 Å². The first kappa shape index (κ1) is 21.3. The lowest BCUT2D eigenvalue weighted by Gasteiger charge is -2.24. The zero-order valence-electron chi connectivity index (χ0n) is 18.0. The monoisotopic (exact) mass is 423 g/mol. The van der Waals surface area contributed by atoms with E-state index in [1.54, 1.807) is 13.1 Å². The molecule has 7 nitrogen and oxygen atoms in total. The van der Waals surface area contributed by atoms with E-state index in [2.05, 4.69) is 22.9 Å². The lowest BCUT2D eigenvalue weighted by atomic mass is 9.77. The summed E-state index contributed by atoms with van der Waals surface area (Å²) in [6.07, 6.45) is 0.835. The first-order chi connectivity index (χ1) is 15.0. The number of ether oxygens (including phenoxy) is 2. The van der Waals surface area contributed by atoms with Crippen molar-refractivity contribution in [3.05, 3.63) is 64.7 Å². The molecule has 2 aromatic carbocycles. The highest BCUT2D eigenvalue weighted by Crippen LogP contribution is 2.45. The molecule has 4 rings (SSSR count). The van der Waals surface area contributed by atoms with Crippen molar-refractivity contribution in [2.24, 2.45) is 0 Å². The lowest BCUT2D eigenvalue weighted by Crippen LogP contribution is -2.40. The molecule has 0 spiro atoms. The summed E-state index contributed by atoms with van der Waals surface area (Å²) in [6, 6.07) is 13.5. The molecule has 164 valence electrons. The molecular weight excluding hydrogens is 394 g/mol. The Morgan fingerprint density at radius 3 is 2.71 bits per heavy atom. The topological polar surface area (TPSA) is 88.7 Å². The highest BCUT2D eigenvalue weighted by atomic mass is 16.5. The number of hydrogen-bond acceptors (Lipinski definition) is 5. The molecule has 0 saturated carbocycles. The summed E-state index contributed by atoms with van der Waals surface area (Å²) >= 11 is 0. The second-order valence-electron chi connectivity index (χ2n) is 8.21. The maximum atomic E-state index is 13.0. The molecule has 1 saturated heterocycles. The zero-order chi connectivity index (χ0) is 21.8. The fourth-order valence-corrected chi connectivity index (χ4v) is 4.22. The van der Waals surface area contributed by atoms with Gasteiger partial charge in [0.2, 0.25) is 0 Å². The van der Waals surface area contributed by atoms with Gasteiger partial charge in [0.25, 0.3) is 11.8 Å². The molecule has 0 aliphatic carbocycles. The van der Waals surface area contributed by atoms with Gasteiger partial charge < -0.3 is 25.4 Å². The Morgan fingerprint density at radius 1 is 1.19 bits per heavy atom. The fraction of sp³-hybridized carbons (Fsp3) is 0.417. The van der Waals surface area contributed by atoms with Crippen LogP contribution < -0.4 is 20.7 Å². The molecule has 2 aliphatic rings. The number of nitrogens with one attached hydrogen (secondary N) is 3. The van der Waals surface area contributed by atoms with E-state index < -0.39 is 5.41 Å². The van der Waals surface area contributed by atoms with Gasteiger partial charge in [-0.3, -0.25) is 9.59 Å². The van der Waals surface area contributed by atoms with Crippen molar-refractivity contribution >= 4 is 11.8 Å². The van der Waals surface area contributed by atoms with Gasteiger partial charge >= 0.3 is 0 Å². The molecule has 3 N–H and O–H groups in total. The average Bonchev–Trinajstić information content (AvgIpc) is 3.17. The van der Waals surface area contributed by atoms with Crippen molar-refractivity contribution in [3.63, 3.8) is 0 Å². The minimum absolute atomic E-state index is 0.102. The summed E-state index contributed by atoms with van der Waals surface area (Å²) in [5, 5.41) is 8.91. The zero-order valence-corrected chi connectivity index (χ0v) is 18.0. The minimum Gasteiger partial charge on any atom is -0.491 e. The van der Waals surface area contributed by atoms with Gasteiger partial charge in [-0.1, -0.05) is 30.3 Å². The normalized spacial score (nSPS) is 22.3. The van der Waals surface area contributed by atoms with Gasteiger partial charge in [-0.05, 0) is 31.0 Å². The van der Waals surface area contributed by atoms with Crippen LogP contribution >= 0.6 is 0 Å². The average molecular weight is 424 g/mol. The predicted molar refractivity (Wildman–Crippen MR) is 118 cm³/mol. The minimum atomic E-state index is -0.447. The number of amides is 2. The summed E-state index contributed by atoms with van der Waals surface area (Å²) in [5.74, 6) is 0.0628. The van der Waals surface area contributed by atoms with Crippen LogP contribution in [0.25, 0.3) is 0 Å². The second-order valence-corrected chi connectivity index (χ2v) is 8.21. The number of carbonyl (C=O) groups excluding carboxylic acids is 2. The smallest absolute Gasteiger partial charge is 0.254 e. The van der Waals surface area contributed by atoms with Crippen LogP contribution in [0.2, 0.25) is 0 Å². The van der Waals surface area contributed by atoms with E-state index >= 15 is 0 Å². The predicted octanol–water partition coefficient (Wildman–Crippen LogP) is 1.85. The first-order valence-electron chi connectivity index (χ1n) is 10.7. The van der Waals surface area contributed by atoms with Crippen LogP contribution in [0.5, 0.6) is 5.75 Å². The van der Waals surface area contributed by atoms with E-state index in [0.29, 0.717) is 36.6 Å². The maximum Gasteiger partial charge on any atom is 0.254 e. The number of morpholine rings is 1. The van der Waals surface area contributed by atoms with Crippen molar-refractivity contribution < 1.29 is 19.1 Å². The molecule has 2 amide bonds. The van der Waals surface area contributed by atoms with Gasteiger partial charge in [0.1, 0.15) is 12.4 Å². The first-order valence-corrected chi connectivity index (χ1v) is 10.7. The maximum absolute atomic E-state index is 13.0. The van der Waals surface area contributed by atoms with Crippen LogP contribution in [0.3, 0.4) is 0 Å². The quantitative estimate of drug-likeness (QED) is 0.660. The number of rotatable bonds is 6. The highest BCUT2D eigenvalue weighted by Gasteiger charge is 2.40. The molecule has 2 aliphatic heterocycles. The fourth-order valence-electron chi connectivity index (χ4n) is 4.22. The molecule has 2 atom stereocenters. The Bertz CT molecular complexity index is 957. The van der Waals surface area contributed by atoms with Crippen LogP contribution in [0, 0.1) is 0 Å². The molecule has 2 aromatic rings. The Hall–Kier alpha value is -2.90. The van der Waals surface area contributed by atoms with E-state index in [4.69, 9.17) is 9.47 Å². The van der Waals surface area contributed by atoms with Gasteiger partial charge in [-0.2, -0.15) is 0 Å². The number of benzene rings is 2. The molecule has 1 fully saturated rings. The third-order valence-electron chi connectivity index (χ3n) is 6.09. The lowest BCUT2D eigenvalue weighted by molar-refractivity contribution is 0.0239. The van der Waals surface area contributed by atoms with Crippen LogP contribution in [0.4, 0.5) is 0 Å². The molecule has 0 bridgehead atoms. The van der Waals surface area contributed by atoms with Crippen LogP contribution in [0.1, 0.15) is 45.2 Å². The van der Waals surface area contributed by atoms with Crippen molar-refractivity contribution in [1.82, 2.24) is 16.0 Å². The largest absolute Gasteiger partial charge is 0.491 e. The van der Waals surface area contributed by atoms with Crippen molar-refractivity contribution in [2.45, 2.75) is 24.9 Å². The summed E-state index contributed by atoms with van der Waals surface area (Å²) in [5.41, 5.74) is 2.32. The summed E-state index contributed by atoms with van der Waals surface area (Å²) in [6.45, 7) is 5.34. The Morgan fingerprint density at radius 2 is 2.00 bits per heavy atom. The third kappa shape index (κ3) is 4.29. The molecule has 2 heterocycles. The van der Waals surface area contributed by atoms with E-state index in [1.165, 1.54) is 0 Å². The van der Waals surface area contributed by atoms with Gasteiger partial charge in [-0.15, -0.1) is 0 Å². The van der Waals surface area contributed by atoms with E-state index in [0.717, 1.165) is 30.6 Å². The third-order valence-corrected chi connectivity index (χ3v) is 6.09. The van der Waals surface area contributed by atoms with Gasteiger partial charge in [0, 0.05) is 37.8 Å². The van der Waals surface area contributed by atoms with Gasteiger partial charge in [0.15, 0.2) is 0 Å². The molecule has 7 heteroatoms. The van der Waals surface area contributed by atoms with E-state index in [-0.39, 0.29) is 17.9 Å². The molecule has 31 heavy (non-hydrogen) atoms. The summed E-state index contributed by atoms with van der Waals surface area (Å²) in [7, 11) is 1.57. The SMILES string of the molecule is CNC(=O)c1cc(C(=O)NCC[C@H]2CNCCO2)cc2c1OCC2(C)c1ccccc1. The van der Waals surface area contributed by atoms with Crippen LogP contribution in [0.15, 0.2) is 42.5 Å². The van der Waals surface area contributed by atoms with Gasteiger partial charge in [0.05, 0.1) is 23.7 Å². The second kappa shape index (κ2) is 9.08. The van der Waals surface area contributed by atoms with Crippen LogP contribution in [-0.4, -0.2) is 57.8 Å². The Labute approximate surface area is 182 Å². The summed E-state index contributed by atoms with van der Waals surface area (Å²) in [4.78, 5) is 25.5. The van der Waals surface area contributed by atoms with E-state index in [1.807, 2.05) is 36.4 Å². The standard InChI is InChI=1S/C24H29N3O4/c1-24(17-6-4-3-5-7-17)15-31-21-19(23(29)25-2)12-16(13-20(21)24)22(28)27-9-8-18-14-26-10-11-30-18/h3-7,12-13,18,26H,8-11,14-15H2,1-2H3,(H,25,29)(H,27,28)/t18-,24?/m0/s1. The number of carbonyl (C=O) groups is 2. The van der Waals surface area contributed by atoms with Crippen LogP contribution in [-0.2, 0) is 10.2 Å². The number of fused-ring (bicyclic) bond motifs is 1. The summed E-state index contributed by atoms with van der Waals surface area (Å²) < 4.78 is 11.7. The van der Waals surface area contributed by atoms with Gasteiger partial charge in [-0.25, -0.2) is 0 Å². The van der Waals surface area contributed by atoms with E-state index in [9.17, 15) is 9.59 Å². The van der Waals surface area contributed by atoms with Crippen molar-refractivity contribution in [2.75, 3.05) is 39.9 Å². The molecule has 0 radical (unpaired) electrons. The Kier molecular flexibility index (Phi) is 6.25. The Balaban J connectivity index is 1.61. The highest BCUT2D eigenvalue weighted by molar-refractivity contribution is 6.02. The number of hydrogen-bond donors (Lipinski definition) is 3. The molecule has 0 aromatic heterocycles. The molecule has 1 unspecified atom stereocenters. The van der Waals surface area contributed by atoms with Crippen molar-refractivity contribution in [3.8, 4) is 5.75 Å².